The van der Waals surface area contributed by atoms with Crippen molar-refractivity contribution in [2.45, 2.75) is 25.8 Å². The average Bonchev–Trinajstić information content (AvgIpc) is 2.88. The highest BCUT2D eigenvalue weighted by Gasteiger charge is 2.08. The molecule has 18 heavy (non-hydrogen) atoms. The SMILES string of the molecule is CC(CO)NC(=O)CCCNC(=O)c1ccco1. The number of carbonyl (C=O) groups excluding carboxylic acids is 2. The van der Waals surface area contributed by atoms with E-state index in [1.54, 1.807) is 19.1 Å². The summed E-state index contributed by atoms with van der Waals surface area (Å²) in [4.78, 5) is 22.8. The van der Waals surface area contributed by atoms with E-state index >= 15 is 0 Å². The second-order valence-electron chi connectivity index (χ2n) is 3.99. The molecular formula is C12H18N2O4. The van der Waals surface area contributed by atoms with Gasteiger partial charge in [0.05, 0.1) is 12.9 Å². The normalized spacial score (nSPS) is 11.9. The number of furan rings is 1. The lowest BCUT2D eigenvalue weighted by Crippen LogP contribution is -2.35. The van der Waals surface area contributed by atoms with Crippen LogP contribution in [0.2, 0.25) is 0 Å². The molecule has 0 aliphatic heterocycles. The molecule has 1 heterocycles. The summed E-state index contributed by atoms with van der Waals surface area (Å²) in [7, 11) is 0. The van der Waals surface area contributed by atoms with Crippen LogP contribution in [0.4, 0.5) is 0 Å². The smallest absolute Gasteiger partial charge is 0.286 e. The van der Waals surface area contributed by atoms with Gasteiger partial charge in [0.2, 0.25) is 5.91 Å². The Morgan fingerprint density at radius 1 is 1.50 bits per heavy atom. The summed E-state index contributed by atoms with van der Waals surface area (Å²) in [6.07, 6.45) is 2.28. The lowest BCUT2D eigenvalue weighted by molar-refractivity contribution is -0.122. The Labute approximate surface area is 105 Å². The highest BCUT2D eigenvalue weighted by atomic mass is 16.3. The molecule has 0 bridgehead atoms. The van der Waals surface area contributed by atoms with E-state index in [-0.39, 0.29) is 30.2 Å². The van der Waals surface area contributed by atoms with E-state index in [0.29, 0.717) is 19.4 Å². The Balaban J connectivity index is 2.12. The molecule has 0 saturated heterocycles. The van der Waals surface area contributed by atoms with Crippen molar-refractivity contribution in [3.63, 3.8) is 0 Å². The third kappa shape index (κ3) is 5.01. The molecule has 1 unspecified atom stereocenters. The van der Waals surface area contributed by atoms with Crippen LogP contribution in [0.1, 0.15) is 30.3 Å². The molecule has 1 aromatic heterocycles. The van der Waals surface area contributed by atoms with Gasteiger partial charge in [0.1, 0.15) is 0 Å². The second kappa shape index (κ2) is 7.50. The predicted molar refractivity (Wildman–Crippen MR) is 65.0 cm³/mol. The maximum Gasteiger partial charge on any atom is 0.286 e. The van der Waals surface area contributed by atoms with Gasteiger partial charge < -0.3 is 20.2 Å². The number of aliphatic hydroxyl groups excluding tert-OH is 1. The van der Waals surface area contributed by atoms with E-state index < -0.39 is 0 Å². The molecule has 0 fully saturated rings. The quantitative estimate of drug-likeness (QED) is 0.610. The number of rotatable bonds is 7. The van der Waals surface area contributed by atoms with Gasteiger partial charge in [-0.3, -0.25) is 9.59 Å². The minimum Gasteiger partial charge on any atom is -0.459 e. The Bertz CT molecular complexity index is 375. The van der Waals surface area contributed by atoms with Crippen molar-refractivity contribution in [3.05, 3.63) is 24.2 Å². The summed E-state index contributed by atoms with van der Waals surface area (Å²) in [5.41, 5.74) is 0. The van der Waals surface area contributed by atoms with Crippen LogP contribution in [-0.2, 0) is 4.79 Å². The molecule has 0 aliphatic carbocycles. The average molecular weight is 254 g/mol. The third-order valence-corrected chi connectivity index (χ3v) is 2.29. The largest absolute Gasteiger partial charge is 0.459 e. The summed E-state index contributed by atoms with van der Waals surface area (Å²) in [5.74, 6) is -0.165. The van der Waals surface area contributed by atoms with Crippen molar-refractivity contribution in [2.75, 3.05) is 13.2 Å². The monoisotopic (exact) mass is 254 g/mol. The van der Waals surface area contributed by atoms with Crippen LogP contribution in [-0.4, -0.2) is 36.1 Å². The first-order valence-corrected chi connectivity index (χ1v) is 5.85. The van der Waals surface area contributed by atoms with Crippen LogP contribution in [0, 0.1) is 0 Å². The number of aliphatic hydroxyl groups is 1. The van der Waals surface area contributed by atoms with E-state index in [1.165, 1.54) is 6.26 Å². The maximum atomic E-state index is 11.4. The fourth-order valence-corrected chi connectivity index (χ4v) is 1.34. The van der Waals surface area contributed by atoms with Gasteiger partial charge in [-0.15, -0.1) is 0 Å². The van der Waals surface area contributed by atoms with Crippen molar-refractivity contribution >= 4 is 11.8 Å². The zero-order valence-electron chi connectivity index (χ0n) is 10.3. The molecule has 100 valence electrons. The molecule has 6 nitrogen and oxygen atoms in total. The van der Waals surface area contributed by atoms with Gasteiger partial charge in [-0.1, -0.05) is 0 Å². The van der Waals surface area contributed by atoms with E-state index in [4.69, 9.17) is 9.52 Å². The zero-order valence-corrected chi connectivity index (χ0v) is 10.3. The Morgan fingerprint density at radius 3 is 2.89 bits per heavy atom. The van der Waals surface area contributed by atoms with E-state index in [0.717, 1.165) is 0 Å². The molecule has 0 saturated carbocycles. The van der Waals surface area contributed by atoms with Crippen LogP contribution in [0.5, 0.6) is 0 Å². The van der Waals surface area contributed by atoms with Crippen LogP contribution in [0.3, 0.4) is 0 Å². The highest BCUT2D eigenvalue weighted by Crippen LogP contribution is 1.99. The van der Waals surface area contributed by atoms with Gasteiger partial charge in [-0.2, -0.15) is 0 Å². The van der Waals surface area contributed by atoms with E-state index in [2.05, 4.69) is 10.6 Å². The molecular weight excluding hydrogens is 236 g/mol. The van der Waals surface area contributed by atoms with Gasteiger partial charge in [0, 0.05) is 19.0 Å². The minimum atomic E-state index is -0.288. The Hall–Kier alpha value is -1.82. The van der Waals surface area contributed by atoms with Crippen LogP contribution in [0.25, 0.3) is 0 Å². The van der Waals surface area contributed by atoms with E-state index in [1.807, 2.05) is 0 Å². The molecule has 1 atom stereocenters. The van der Waals surface area contributed by atoms with Gasteiger partial charge >= 0.3 is 0 Å². The fourth-order valence-electron chi connectivity index (χ4n) is 1.34. The summed E-state index contributed by atoms with van der Waals surface area (Å²) in [6, 6.07) is 2.97. The molecule has 0 aliphatic rings. The number of carbonyl (C=O) groups is 2. The molecule has 0 aromatic carbocycles. The van der Waals surface area contributed by atoms with Crippen LogP contribution in [0.15, 0.2) is 22.8 Å². The third-order valence-electron chi connectivity index (χ3n) is 2.29. The molecule has 0 radical (unpaired) electrons. The Morgan fingerprint density at radius 2 is 2.28 bits per heavy atom. The summed E-state index contributed by atoms with van der Waals surface area (Å²) >= 11 is 0. The minimum absolute atomic E-state index is 0.0824. The molecule has 2 amide bonds. The van der Waals surface area contributed by atoms with Crippen molar-refractivity contribution in [1.82, 2.24) is 10.6 Å². The molecule has 6 heteroatoms. The number of hydrogen-bond donors (Lipinski definition) is 3. The lowest BCUT2D eigenvalue weighted by atomic mass is 10.2. The maximum absolute atomic E-state index is 11.4. The molecule has 3 N–H and O–H groups in total. The van der Waals surface area contributed by atoms with Gasteiger partial charge in [0.15, 0.2) is 5.76 Å². The first kappa shape index (κ1) is 14.2. The predicted octanol–water partition coefficient (Wildman–Crippen LogP) is 0.287. The van der Waals surface area contributed by atoms with Gasteiger partial charge in [-0.05, 0) is 25.5 Å². The first-order valence-electron chi connectivity index (χ1n) is 5.85. The van der Waals surface area contributed by atoms with Crippen molar-refractivity contribution < 1.29 is 19.1 Å². The number of nitrogens with one attached hydrogen (secondary N) is 2. The topological polar surface area (TPSA) is 91.6 Å². The van der Waals surface area contributed by atoms with Crippen molar-refractivity contribution in [3.8, 4) is 0 Å². The molecule has 0 spiro atoms. The number of hydrogen-bond acceptors (Lipinski definition) is 4. The standard InChI is InChI=1S/C12H18N2O4/c1-9(8-15)14-11(16)5-2-6-13-12(17)10-4-3-7-18-10/h3-4,7,9,15H,2,5-6,8H2,1H3,(H,13,17)(H,14,16). The van der Waals surface area contributed by atoms with E-state index in [9.17, 15) is 9.59 Å². The first-order chi connectivity index (χ1) is 8.63. The van der Waals surface area contributed by atoms with Crippen LogP contribution >= 0.6 is 0 Å². The summed E-state index contributed by atoms with van der Waals surface area (Å²) < 4.78 is 4.92. The Kier molecular flexibility index (Phi) is 5.93. The number of amides is 2. The van der Waals surface area contributed by atoms with Crippen LogP contribution < -0.4 is 10.6 Å². The van der Waals surface area contributed by atoms with Crippen molar-refractivity contribution in [2.24, 2.45) is 0 Å². The summed E-state index contributed by atoms with van der Waals surface area (Å²) in [6.45, 7) is 2.04. The molecule has 1 aromatic rings. The van der Waals surface area contributed by atoms with Crippen molar-refractivity contribution in [1.29, 1.82) is 0 Å². The fraction of sp³-hybridized carbons (Fsp3) is 0.500. The molecule has 1 rings (SSSR count). The second-order valence-corrected chi connectivity index (χ2v) is 3.99. The van der Waals surface area contributed by atoms with Gasteiger partial charge in [-0.25, -0.2) is 0 Å². The summed E-state index contributed by atoms with van der Waals surface area (Å²) in [5, 5.41) is 14.0. The zero-order chi connectivity index (χ0) is 13.4. The van der Waals surface area contributed by atoms with Gasteiger partial charge in [0.25, 0.3) is 5.91 Å². The highest BCUT2D eigenvalue weighted by molar-refractivity contribution is 5.91. The lowest BCUT2D eigenvalue weighted by Gasteiger charge is -2.10.